The molecule has 6 nitrogen and oxygen atoms in total. The van der Waals surface area contributed by atoms with Gasteiger partial charge in [0, 0.05) is 11.3 Å². The van der Waals surface area contributed by atoms with E-state index in [0.717, 1.165) is 10.0 Å². The fourth-order valence-electron chi connectivity index (χ4n) is 2.60. The Morgan fingerprint density at radius 2 is 2.04 bits per heavy atom. The van der Waals surface area contributed by atoms with Gasteiger partial charge in [-0.25, -0.2) is 0 Å². The van der Waals surface area contributed by atoms with Crippen LogP contribution in [-0.2, 0) is 0 Å². The van der Waals surface area contributed by atoms with Crippen LogP contribution in [0.3, 0.4) is 0 Å². The highest BCUT2D eigenvalue weighted by Gasteiger charge is 2.17. The first kappa shape index (κ1) is 17.8. The first-order chi connectivity index (χ1) is 13.1. The number of nitrogens with zero attached hydrogens (tertiary/aromatic N) is 2. The summed E-state index contributed by atoms with van der Waals surface area (Å²) in [6.45, 7) is 4.34. The summed E-state index contributed by atoms with van der Waals surface area (Å²) in [4.78, 5) is 12.4. The van der Waals surface area contributed by atoms with Crippen LogP contribution in [0.4, 0.5) is 10.8 Å². The van der Waals surface area contributed by atoms with Crippen molar-refractivity contribution in [2.45, 2.75) is 18.2 Å². The van der Waals surface area contributed by atoms with Crippen molar-refractivity contribution in [2.75, 3.05) is 17.9 Å². The number of aromatic nitrogens is 2. The number of thioether (sulfide) groups is 1. The van der Waals surface area contributed by atoms with Crippen LogP contribution in [0.5, 0.6) is 11.5 Å². The lowest BCUT2D eigenvalue weighted by molar-refractivity contribution is 0.102. The molecule has 2 heterocycles. The number of Topliss-reactive ketones (excluding diaryl/α,β-unsaturated/α-hetero) is 1. The van der Waals surface area contributed by atoms with Gasteiger partial charge in [-0.3, -0.25) is 4.79 Å². The van der Waals surface area contributed by atoms with Gasteiger partial charge in [0.25, 0.3) is 0 Å². The third-order valence-electron chi connectivity index (χ3n) is 4.27. The molecule has 0 bridgehead atoms. The van der Waals surface area contributed by atoms with Crippen LogP contribution in [0.15, 0.2) is 40.7 Å². The van der Waals surface area contributed by atoms with E-state index in [0.29, 0.717) is 22.2 Å². The van der Waals surface area contributed by atoms with Gasteiger partial charge in [-0.05, 0) is 49.2 Å². The summed E-state index contributed by atoms with van der Waals surface area (Å²) >= 11 is 2.81. The zero-order valence-corrected chi connectivity index (χ0v) is 16.4. The minimum Gasteiger partial charge on any atom is -0.454 e. The quantitative estimate of drug-likeness (QED) is 0.479. The molecule has 4 rings (SSSR count). The Hall–Kier alpha value is -2.58. The van der Waals surface area contributed by atoms with Gasteiger partial charge in [0.1, 0.15) is 0 Å². The van der Waals surface area contributed by atoms with Gasteiger partial charge in [-0.15, -0.1) is 10.2 Å². The van der Waals surface area contributed by atoms with Crippen LogP contribution in [0, 0.1) is 13.8 Å². The molecule has 1 aliphatic heterocycles. The number of carbonyl (C=O) groups excluding carboxylic acids is 1. The molecular formula is C19H17N3O3S2. The summed E-state index contributed by atoms with van der Waals surface area (Å²) in [5.41, 5.74) is 4.01. The molecule has 0 amide bonds. The van der Waals surface area contributed by atoms with Crippen LogP contribution in [0.1, 0.15) is 21.5 Å². The number of ketones is 1. The molecule has 0 atom stereocenters. The Kier molecular flexibility index (Phi) is 5.00. The second-order valence-electron chi connectivity index (χ2n) is 6.03. The minimum atomic E-state index is 0.0116. The highest BCUT2D eigenvalue weighted by atomic mass is 32.2. The molecule has 2 aromatic carbocycles. The van der Waals surface area contributed by atoms with Crippen molar-refractivity contribution in [2.24, 2.45) is 0 Å². The number of ether oxygens (including phenoxy) is 2. The molecule has 1 N–H and O–H groups in total. The van der Waals surface area contributed by atoms with Crippen molar-refractivity contribution < 1.29 is 14.3 Å². The minimum absolute atomic E-state index is 0.0116. The van der Waals surface area contributed by atoms with Gasteiger partial charge < -0.3 is 14.8 Å². The molecule has 0 saturated heterocycles. The van der Waals surface area contributed by atoms with Crippen LogP contribution in [-0.4, -0.2) is 28.5 Å². The first-order valence-electron chi connectivity index (χ1n) is 8.32. The molecule has 0 radical (unpaired) electrons. The lowest BCUT2D eigenvalue weighted by Crippen LogP contribution is -2.02. The van der Waals surface area contributed by atoms with Gasteiger partial charge in [0.15, 0.2) is 21.6 Å². The molecule has 0 aliphatic carbocycles. The summed E-state index contributed by atoms with van der Waals surface area (Å²) in [6.07, 6.45) is 0. The van der Waals surface area contributed by atoms with Crippen molar-refractivity contribution >= 4 is 39.7 Å². The molecule has 1 aromatic heterocycles. The second kappa shape index (κ2) is 7.58. The van der Waals surface area contributed by atoms with Gasteiger partial charge in [0.2, 0.25) is 11.9 Å². The number of aryl methyl sites for hydroxylation is 1. The number of hydrogen-bond acceptors (Lipinski definition) is 8. The van der Waals surface area contributed by atoms with Crippen LogP contribution in [0.25, 0.3) is 0 Å². The van der Waals surface area contributed by atoms with Crippen LogP contribution in [0.2, 0.25) is 0 Å². The van der Waals surface area contributed by atoms with E-state index in [1.807, 2.05) is 12.1 Å². The molecule has 138 valence electrons. The summed E-state index contributed by atoms with van der Waals surface area (Å²) in [6, 6.07) is 11.3. The van der Waals surface area contributed by atoms with E-state index < -0.39 is 0 Å². The van der Waals surface area contributed by atoms with Gasteiger partial charge in [-0.2, -0.15) is 0 Å². The number of hydrogen-bond donors (Lipinski definition) is 1. The van der Waals surface area contributed by atoms with E-state index in [4.69, 9.17) is 9.47 Å². The summed E-state index contributed by atoms with van der Waals surface area (Å²) in [5.74, 6) is 1.59. The second-order valence-corrected chi connectivity index (χ2v) is 8.23. The normalized spacial score (nSPS) is 12.2. The van der Waals surface area contributed by atoms with E-state index in [1.165, 1.54) is 34.2 Å². The maximum Gasteiger partial charge on any atom is 0.231 e. The number of carbonyl (C=O) groups is 1. The Morgan fingerprint density at radius 1 is 1.19 bits per heavy atom. The lowest BCUT2D eigenvalue weighted by atomic mass is 10.1. The lowest BCUT2D eigenvalue weighted by Gasteiger charge is -2.08. The molecule has 27 heavy (non-hydrogen) atoms. The SMILES string of the molecule is Cc1cccc(Nc2nnc(SCC(=O)c3ccc4c(c3)OCO4)s2)c1C. The molecule has 1 aliphatic rings. The topological polar surface area (TPSA) is 73.3 Å². The average Bonchev–Trinajstić information content (AvgIpc) is 3.32. The van der Waals surface area contributed by atoms with E-state index >= 15 is 0 Å². The smallest absolute Gasteiger partial charge is 0.231 e. The van der Waals surface area contributed by atoms with E-state index in [1.54, 1.807) is 18.2 Å². The summed E-state index contributed by atoms with van der Waals surface area (Å²) in [7, 11) is 0. The number of rotatable bonds is 6. The van der Waals surface area contributed by atoms with Gasteiger partial charge in [-0.1, -0.05) is 35.2 Å². The van der Waals surface area contributed by atoms with Crippen molar-refractivity contribution in [3.05, 3.63) is 53.1 Å². The molecule has 3 aromatic rings. The fraction of sp³-hybridized carbons (Fsp3) is 0.211. The summed E-state index contributed by atoms with van der Waals surface area (Å²) in [5, 5.41) is 12.3. The molecule has 0 spiro atoms. The van der Waals surface area contributed by atoms with Crippen LogP contribution < -0.4 is 14.8 Å². The molecular weight excluding hydrogens is 382 g/mol. The Labute approximate surface area is 164 Å². The fourth-order valence-corrected chi connectivity index (χ4v) is 4.26. The molecule has 0 saturated carbocycles. The first-order valence-corrected chi connectivity index (χ1v) is 10.1. The van der Waals surface area contributed by atoms with Gasteiger partial charge >= 0.3 is 0 Å². The molecule has 0 unspecified atom stereocenters. The summed E-state index contributed by atoms with van der Waals surface area (Å²) < 4.78 is 11.3. The number of anilines is 2. The maximum absolute atomic E-state index is 12.4. The average molecular weight is 399 g/mol. The van der Waals surface area contributed by atoms with E-state index in [-0.39, 0.29) is 18.3 Å². The van der Waals surface area contributed by atoms with E-state index in [2.05, 4.69) is 35.4 Å². The maximum atomic E-state index is 12.4. The Morgan fingerprint density at radius 3 is 2.93 bits per heavy atom. The highest BCUT2D eigenvalue weighted by Crippen LogP contribution is 2.34. The van der Waals surface area contributed by atoms with Crippen molar-refractivity contribution in [1.82, 2.24) is 10.2 Å². The van der Waals surface area contributed by atoms with Crippen molar-refractivity contribution in [1.29, 1.82) is 0 Å². The monoisotopic (exact) mass is 399 g/mol. The van der Waals surface area contributed by atoms with Crippen molar-refractivity contribution in [3.63, 3.8) is 0 Å². The number of nitrogens with one attached hydrogen (secondary N) is 1. The standard InChI is InChI=1S/C19H17N3O3S2/c1-11-4-3-5-14(12(11)2)20-18-21-22-19(27-18)26-9-15(23)13-6-7-16-17(8-13)25-10-24-16/h3-8H,9-10H2,1-2H3,(H,20,21). The number of benzene rings is 2. The van der Waals surface area contributed by atoms with Gasteiger partial charge in [0.05, 0.1) is 5.75 Å². The largest absolute Gasteiger partial charge is 0.454 e. The van der Waals surface area contributed by atoms with Crippen molar-refractivity contribution in [3.8, 4) is 11.5 Å². The zero-order valence-electron chi connectivity index (χ0n) is 14.8. The predicted octanol–water partition coefficient (Wildman–Crippen LogP) is 4.60. The Balaban J connectivity index is 1.38. The highest BCUT2D eigenvalue weighted by molar-refractivity contribution is 8.01. The zero-order chi connectivity index (χ0) is 18.8. The number of fused-ring (bicyclic) bond motifs is 1. The molecule has 8 heteroatoms. The third kappa shape index (κ3) is 3.91. The van der Waals surface area contributed by atoms with E-state index in [9.17, 15) is 4.79 Å². The third-order valence-corrected chi connectivity index (χ3v) is 6.25. The molecule has 0 fully saturated rings. The Bertz CT molecular complexity index is 1000. The predicted molar refractivity (Wildman–Crippen MR) is 107 cm³/mol. The van der Waals surface area contributed by atoms with Crippen LogP contribution >= 0.6 is 23.1 Å².